The molecule has 0 spiro atoms. The van der Waals surface area contributed by atoms with Gasteiger partial charge < -0.3 is 9.88 Å². The molecule has 0 unspecified atom stereocenters. The number of hydrogen-bond acceptors (Lipinski definition) is 4. The molecule has 1 fully saturated rings. The Kier molecular flexibility index (Phi) is 5.02. The van der Waals surface area contributed by atoms with Crippen LogP contribution in [0.3, 0.4) is 0 Å². The van der Waals surface area contributed by atoms with E-state index in [1.165, 1.54) is 28.4 Å². The molecule has 1 aromatic carbocycles. The number of fused-ring (bicyclic) bond motifs is 1. The zero-order valence-electron chi connectivity index (χ0n) is 16.1. The van der Waals surface area contributed by atoms with Crippen LogP contribution in [0.25, 0.3) is 11.2 Å². The summed E-state index contributed by atoms with van der Waals surface area (Å²) in [6, 6.07) is 7.50. The minimum absolute atomic E-state index is 0.190. The predicted molar refractivity (Wildman–Crippen MR) is 111 cm³/mol. The number of nitrogens with zero attached hydrogens (tertiary/aromatic N) is 4. The van der Waals surface area contributed by atoms with Gasteiger partial charge in [-0.05, 0) is 30.5 Å². The van der Waals surface area contributed by atoms with Gasteiger partial charge in [0, 0.05) is 25.2 Å². The number of hydrogen-bond donors (Lipinski definition) is 1. The van der Waals surface area contributed by atoms with Crippen molar-refractivity contribution in [2.75, 3.05) is 5.32 Å². The van der Waals surface area contributed by atoms with Gasteiger partial charge in [0.2, 0.25) is 5.95 Å². The van der Waals surface area contributed by atoms with Gasteiger partial charge in [-0.2, -0.15) is 4.98 Å². The van der Waals surface area contributed by atoms with Crippen molar-refractivity contribution in [3.8, 4) is 0 Å². The Hall–Kier alpha value is -2.54. The molecule has 1 aliphatic carbocycles. The summed E-state index contributed by atoms with van der Waals surface area (Å²) in [6.45, 7) is 0.190. The lowest BCUT2D eigenvalue weighted by Gasteiger charge is -2.23. The summed E-state index contributed by atoms with van der Waals surface area (Å²) in [4.78, 5) is 30.5. The van der Waals surface area contributed by atoms with Crippen molar-refractivity contribution in [2.45, 2.75) is 44.7 Å². The summed E-state index contributed by atoms with van der Waals surface area (Å²) in [5.41, 5.74) is 0.956. The number of benzene rings is 1. The highest BCUT2D eigenvalue weighted by Gasteiger charge is 2.21. The molecule has 0 bridgehead atoms. The molecular formula is C20H24ClN5O2. The Morgan fingerprint density at radius 3 is 2.43 bits per heavy atom. The van der Waals surface area contributed by atoms with Crippen LogP contribution in [-0.4, -0.2) is 24.7 Å². The van der Waals surface area contributed by atoms with E-state index in [0.717, 1.165) is 18.4 Å². The molecule has 1 aliphatic rings. The van der Waals surface area contributed by atoms with Crippen LogP contribution in [0.1, 0.15) is 37.7 Å². The predicted octanol–water partition coefficient (Wildman–Crippen LogP) is 2.88. The minimum atomic E-state index is -0.380. The third kappa shape index (κ3) is 3.35. The number of aromatic nitrogens is 4. The fourth-order valence-corrected chi connectivity index (χ4v) is 4.04. The van der Waals surface area contributed by atoms with Crippen LogP contribution in [0.5, 0.6) is 0 Å². The molecule has 0 aliphatic heterocycles. The molecule has 1 N–H and O–H groups in total. The topological polar surface area (TPSA) is 73.8 Å². The van der Waals surface area contributed by atoms with Crippen molar-refractivity contribution < 1.29 is 0 Å². The number of imidazole rings is 1. The van der Waals surface area contributed by atoms with E-state index in [-0.39, 0.29) is 17.8 Å². The molecule has 0 atom stereocenters. The standard InChI is InChI=1S/C20H24ClN5O2/c1-24-16-17(23-19(24)22-15-6-4-3-5-7-15)25(2)20(28)26(18(16)27)12-13-8-10-14(21)11-9-13/h8-11,15H,3-7,12H2,1-2H3,(H,22,23). The minimum Gasteiger partial charge on any atom is -0.353 e. The maximum Gasteiger partial charge on any atom is 0.332 e. The van der Waals surface area contributed by atoms with Crippen molar-refractivity contribution in [1.82, 2.24) is 18.7 Å². The van der Waals surface area contributed by atoms with Gasteiger partial charge in [0.15, 0.2) is 11.2 Å². The van der Waals surface area contributed by atoms with Crippen LogP contribution in [0.4, 0.5) is 5.95 Å². The van der Waals surface area contributed by atoms with Crippen molar-refractivity contribution in [3.05, 3.63) is 55.7 Å². The Labute approximate surface area is 167 Å². The molecule has 2 heterocycles. The first-order valence-electron chi connectivity index (χ1n) is 9.63. The van der Waals surface area contributed by atoms with E-state index < -0.39 is 0 Å². The van der Waals surface area contributed by atoms with Gasteiger partial charge in [-0.25, -0.2) is 4.79 Å². The van der Waals surface area contributed by atoms with Crippen molar-refractivity contribution in [2.24, 2.45) is 14.1 Å². The Morgan fingerprint density at radius 1 is 1.07 bits per heavy atom. The second kappa shape index (κ2) is 7.47. The summed E-state index contributed by atoms with van der Waals surface area (Å²) in [5, 5.41) is 4.08. The van der Waals surface area contributed by atoms with E-state index in [1.54, 1.807) is 23.7 Å². The number of nitrogens with one attached hydrogen (secondary N) is 1. The smallest absolute Gasteiger partial charge is 0.332 e. The number of aryl methyl sites for hydroxylation is 2. The fraction of sp³-hybridized carbons (Fsp3) is 0.450. The quantitative estimate of drug-likeness (QED) is 0.729. The average molecular weight is 402 g/mol. The number of rotatable bonds is 4. The van der Waals surface area contributed by atoms with Crippen LogP contribution in [0, 0.1) is 0 Å². The Bertz CT molecular complexity index is 1120. The van der Waals surface area contributed by atoms with E-state index in [0.29, 0.717) is 28.2 Å². The lowest BCUT2D eigenvalue weighted by atomic mass is 9.96. The molecule has 8 heteroatoms. The van der Waals surface area contributed by atoms with Gasteiger partial charge in [0.1, 0.15) is 0 Å². The summed E-state index contributed by atoms with van der Waals surface area (Å²) in [6.07, 6.45) is 5.87. The summed E-state index contributed by atoms with van der Waals surface area (Å²) in [5.74, 6) is 0.637. The monoisotopic (exact) mass is 401 g/mol. The molecule has 1 saturated carbocycles. The zero-order chi connectivity index (χ0) is 19.8. The Balaban J connectivity index is 1.77. The van der Waals surface area contributed by atoms with E-state index in [2.05, 4.69) is 10.3 Å². The molecule has 148 valence electrons. The van der Waals surface area contributed by atoms with E-state index in [9.17, 15) is 9.59 Å². The van der Waals surface area contributed by atoms with Gasteiger partial charge in [-0.1, -0.05) is 43.0 Å². The molecular weight excluding hydrogens is 378 g/mol. The number of anilines is 1. The number of halogens is 1. The van der Waals surface area contributed by atoms with E-state index >= 15 is 0 Å². The SMILES string of the molecule is Cn1c(NC2CCCCC2)nc2c1c(=O)n(Cc1ccc(Cl)cc1)c(=O)n2C. The Morgan fingerprint density at radius 2 is 1.75 bits per heavy atom. The molecule has 2 aromatic heterocycles. The second-order valence-electron chi connectivity index (χ2n) is 7.51. The van der Waals surface area contributed by atoms with Crippen LogP contribution in [-0.2, 0) is 20.6 Å². The summed E-state index contributed by atoms with van der Waals surface area (Å²) < 4.78 is 4.46. The first-order chi connectivity index (χ1) is 13.5. The van der Waals surface area contributed by atoms with Crippen LogP contribution >= 0.6 is 11.6 Å². The molecule has 4 rings (SSSR count). The summed E-state index contributed by atoms with van der Waals surface area (Å²) in [7, 11) is 3.47. The van der Waals surface area contributed by atoms with Gasteiger partial charge in [0.05, 0.1) is 6.54 Å². The highest BCUT2D eigenvalue weighted by Crippen LogP contribution is 2.22. The van der Waals surface area contributed by atoms with Crippen LogP contribution in [0.2, 0.25) is 5.02 Å². The lowest BCUT2D eigenvalue weighted by molar-refractivity contribution is 0.460. The first kappa shape index (κ1) is 18.8. The van der Waals surface area contributed by atoms with Gasteiger partial charge in [-0.3, -0.25) is 13.9 Å². The van der Waals surface area contributed by atoms with Crippen molar-refractivity contribution >= 4 is 28.7 Å². The maximum absolute atomic E-state index is 13.1. The van der Waals surface area contributed by atoms with Crippen molar-refractivity contribution in [1.29, 1.82) is 0 Å². The van der Waals surface area contributed by atoms with E-state index in [4.69, 9.17) is 11.6 Å². The molecule has 28 heavy (non-hydrogen) atoms. The second-order valence-corrected chi connectivity index (χ2v) is 7.94. The fourth-order valence-electron chi connectivity index (χ4n) is 3.91. The largest absolute Gasteiger partial charge is 0.353 e. The first-order valence-corrected chi connectivity index (χ1v) is 10.0. The molecule has 0 saturated heterocycles. The highest BCUT2D eigenvalue weighted by atomic mass is 35.5. The third-order valence-corrected chi connectivity index (χ3v) is 5.80. The average Bonchev–Trinajstić information content (AvgIpc) is 3.02. The third-order valence-electron chi connectivity index (χ3n) is 5.55. The maximum atomic E-state index is 13.1. The van der Waals surface area contributed by atoms with Crippen LogP contribution < -0.4 is 16.6 Å². The van der Waals surface area contributed by atoms with Crippen molar-refractivity contribution in [3.63, 3.8) is 0 Å². The molecule has 3 aromatic rings. The molecule has 0 amide bonds. The summed E-state index contributed by atoms with van der Waals surface area (Å²) >= 11 is 5.93. The van der Waals surface area contributed by atoms with Crippen LogP contribution in [0.15, 0.2) is 33.9 Å². The molecule has 7 nitrogen and oxygen atoms in total. The van der Waals surface area contributed by atoms with Gasteiger partial charge in [0.25, 0.3) is 5.56 Å². The van der Waals surface area contributed by atoms with Gasteiger partial charge >= 0.3 is 5.69 Å². The highest BCUT2D eigenvalue weighted by molar-refractivity contribution is 6.30. The zero-order valence-corrected chi connectivity index (χ0v) is 16.9. The van der Waals surface area contributed by atoms with E-state index in [1.807, 2.05) is 19.2 Å². The van der Waals surface area contributed by atoms with Gasteiger partial charge in [-0.15, -0.1) is 0 Å². The lowest BCUT2D eigenvalue weighted by Crippen LogP contribution is -2.39. The normalized spacial score (nSPS) is 15.2. The molecule has 0 radical (unpaired) electrons.